The van der Waals surface area contributed by atoms with Crippen LogP contribution in [0.4, 0.5) is 5.69 Å². The van der Waals surface area contributed by atoms with Crippen LogP contribution in [0.2, 0.25) is 0 Å². The molecule has 1 atom stereocenters. The summed E-state index contributed by atoms with van der Waals surface area (Å²) in [6.45, 7) is 2.27. The van der Waals surface area contributed by atoms with Crippen molar-refractivity contribution in [2.24, 2.45) is 5.92 Å². The van der Waals surface area contributed by atoms with Gasteiger partial charge in [-0.3, -0.25) is 4.79 Å². The molecular formula is C20H18N3O3S2-. The van der Waals surface area contributed by atoms with Crippen molar-refractivity contribution in [1.29, 1.82) is 0 Å². The van der Waals surface area contributed by atoms with Gasteiger partial charge >= 0.3 is 0 Å². The number of aryl methyl sites for hydroxylation is 1. The second-order valence-electron chi connectivity index (χ2n) is 6.92. The molecule has 3 aromatic rings. The number of aromatic carboxylic acids is 1. The number of nitrogens with zero attached hydrogens (tertiary/aromatic N) is 2. The number of amides is 1. The molecule has 1 aliphatic carbocycles. The number of rotatable bonds is 5. The Balaban J connectivity index is 1.49. The van der Waals surface area contributed by atoms with E-state index in [1.807, 2.05) is 0 Å². The first kappa shape index (κ1) is 18.9. The van der Waals surface area contributed by atoms with E-state index in [9.17, 15) is 14.7 Å². The summed E-state index contributed by atoms with van der Waals surface area (Å²) in [7, 11) is 0. The minimum absolute atomic E-state index is 0.0297. The summed E-state index contributed by atoms with van der Waals surface area (Å²) in [4.78, 5) is 34.5. The molecule has 2 aromatic heterocycles. The molecule has 1 aliphatic rings. The fraction of sp³-hybridized carbons (Fsp3) is 0.300. The van der Waals surface area contributed by atoms with Gasteiger partial charge in [-0.25, -0.2) is 9.97 Å². The van der Waals surface area contributed by atoms with Crippen molar-refractivity contribution >= 4 is 50.9 Å². The lowest BCUT2D eigenvalue weighted by Gasteiger charge is -2.18. The average molecular weight is 413 g/mol. The molecule has 0 aliphatic heterocycles. The van der Waals surface area contributed by atoms with Gasteiger partial charge < -0.3 is 15.2 Å². The third kappa shape index (κ3) is 3.88. The van der Waals surface area contributed by atoms with Crippen molar-refractivity contribution in [2.45, 2.75) is 31.2 Å². The highest BCUT2D eigenvalue weighted by atomic mass is 32.2. The first-order valence-electron chi connectivity index (χ1n) is 9.00. The Kier molecular flexibility index (Phi) is 5.32. The number of carbonyl (C=O) groups excluding carboxylic acids is 2. The highest BCUT2D eigenvalue weighted by molar-refractivity contribution is 8.00. The van der Waals surface area contributed by atoms with Crippen LogP contribution < -0.4 is 10.4 Å². The lowest BCUT2D eigenvalue weighted by atomic mass is 9.89. The number of hydrogen-bond acceptors (Lipinski definition) is 7. The summed E-state index contributed by atoms with van der Waals surface area (Å²) >= 11 is 3.11. The maximum Gasteiger partial charge on any atom is 0.234 e. The van der Waals surface area contributed by atoms with E-state index in [0.29, 0.717) is 11.6 Å². The van der Waals surface area contributed by atoms with E-state index in [4.69, 9.17) is 0 Å². The van der Waals surface area contributed by atoms with Gasteiger partial charge in [0, 0.05) is 16.0 Å². The van der Waals surface area contributed by atoms with Crippen LogP contribution in [0.3, 0.4) is 0 Å². The van der Waals surface area contributed by atoms with Crippen LogP contribution >= 0.6 is 23.1 Å². The Morgan fingerprint density at radius 1 is 1.36 bits per heavy atom. The molecule has 0 saturated heterocycles. The Bertz CT molecular complexity index is 1060. The lowest BCUT2D eigenvalue weighted by molar-refractivity contribution is -0.255. The second-order valence-corrected chi connectivity index (χ2v) is 8.96. The predicted molar refractivity (Wildman–Crippen MR) is 109 cm³/mol. The van der Waals surface area contributed by atoms with E-state index in [1.54, 1.807) is 29.8 Å². The van der Waals surface area contributed by atoms with Crippen molar-refractivity contribution < 1.29 is 14.7 Å². The van der Waals surface area contributed by atoms with Gasteiger partial charge in [0.2, 0.25) is 5.91 Å². The first-order chi connectivity index (χ1) is 13.5. The average Bonchev–Trinajstić information content (AvgIpc) is 3.04. The molecule has 1 aromatic carbocycles. The van der Waals surface area contributed by atoms with Gasteiger partial charge in [-0.15, -0.1) is 11.3 Å². The van der Waals surface area contributed by atoms with Gasteiger partial charge in [-0.05, 0) is 48.4 Å². The van der Waals surface area contributed by atoms with Gasteiger partial charge in [-0.2, -0.15) is 0 Å². The molecule has 0 unspecified atom stereocenters. The minimum Gasteiger partial charge on any atom is -0.545 e. The monoisotopic (exact) mass is 412 g/mol. The van der Waals surface area contributed by atoms with Gasteiger partial charge in [0.1, 0.15) is 16.2 Å². The van der Waals surface area contributed by atoms with Gasteiger partial charge in [0.05, 0.1) is 11.7 Å². The van der Waals surface area contributed by atoms with Gasteiger partial charge in [0.15, 0.2) is 0 Å². The zero-order valence-corrected chi connectivity index (χ0v) is 16.9. The van der Waals surface area contributed by atoms with Gasteiger partial charge in [0.25, 0.3) is 0 Å². The lowest BCUT2D eigenvalue weighted by Crippen LogP contribution is -2.22. The normalized spacial score (nSPS) is 16.0. The Morgan fingerprint density at radius 2 is 2.21 bits per heavy atom. The SMILES string of the molecule is C[C@H]1CCc2c(sc3ncnc(SCC(=O)Nc4cccc(C(=O)[O-])c4)c23)C1. The van der Waals surface area contributed by atoms with Crippen LogP contribution in [-0.4, -0.2) is 27.6 Å². The molecule has 6 nitrogen and oxygen atoms in total. The molecule has 1 amide bonds. The van der Waals surface area contributed by atoms with Crippen molar-refractivity contribution in [1.82, 2.24) is 9.97 Å². The molecule has 0 fully saturated rings. The summed E-state index contributed by atoms with van der Waals surface area (Å²) in [6, 6.07) is 6.03. The number of carbonyl (C=O) groups is 2. The quantitative estimate of drug-likeness (QED) is 0.511. The maximum absolute atomic E-state index is 12.3. The summed E-state index contributed by atoms with van der Waals surface area (Å²) < 4.78 is 0. The van der Waals surface area contributed by atoms with E-state index in [-0.39, 0.29) is 17.2 Å². The molecule has 1 N–H and O–H groups in total. The number of benzene rings is 1. The molecule has 0 radical (unpaired) electrons. The van der Waals surface area contributed by atoms with E-state index in [2.05, 4.69) is 22.2 Å². The van der Waals surface area contributed by atoms with Crippen LogP contribution in [0.25, 0.3) is 10.2 Å². The number of anilines is 1. The van der Waals surface area contributed by atoms with E-state index in [0.717, 1.165) is 34.5 Å². The molecule has 2 heterocycles. The number of nitrogens with one attached hydrogen (secondary N) is 1. The molecule has 8 heteroatoms. The number of carboxylic acids is 1. The largest absolute Gasteiger partial charge is 0.545 e. The molecule has 28 heavy (non-hydrogen) atoms. The van der Waals surface area contributed by atoms with Crippen LogP contribution in [0.5, 0.6) is 0 Å². The first-order valence-corrected chi connectivity index (χ1v) is 10.8. The smallest absolute Gasteiger partial charge is 0.234 e. The number of thiophene rings is 1. The topological polar surface area (TPSA) is 95.0 Å². The highest BCUT2D eigenvalue weighted by Gasteiger charge is 2.23. The van der Waals surface area contributed by atoms with Crippen molar-refractivity contribution in [3.8, 4) is 0 Å². The van der Waals surface area contributed by atoms with E-state index in [1.165, 1.54) is 34.3 Å². The maximum atomic E-state index is 12.3. The number of aromatic nitrogens is 2. The molecular weight excluding hydrogens is 394 g/mol. The number of hydrogen-bond donors (Lipinski definition) is 1. The Morgan fingerprint density at radius 3 is 3.04 bits per heavy atom. The standard InChI is InChI=1S/C20H19N3O3S2/c1-11-5-6-14-15(7-11)28-19-17(14)18(21-10-22-19)27-9-16(24)23-13-4-2-3-12(8-13)20(25)26/h2-4,8,10-11H,5-7,9H2,1H3,(H,23,24)(H,25,26)/p-1/t11-/m0/s1. The third-order valence-electron chi connectivity index (χ3n) is 4.78. The van der Waals surface area contributed by atoms with Gasteiger partial charge in [-0.1, -0.05) is 30.8 Å². The van der Waals surface area contributed by atoms with Crippen molar-refractivity contribution in [3.05, 3.63) is 46.6 Å². The number of thioether (sulfide) groups is 1. The summed E-state index contributed by atoms with van der Waals surface area (Å²) in [5.74, 6) is -0.620. The third-order valence-corrected chi connectivity index (χ3v) is 6.93. The van der Waals surface area contributed by atoms with Crippen LogP contribution in [0.15, 0.2) is 35.6 Å². The molecule has 4 rings (SSSR count). The zero-order valence-electron chi connectivity index (χ0n) is 15.2. The highest BCUT2D eigenvalue weighted by Crippen LogP contribution is 2.40. The number of carboxylic acid groups (broad SMARTS) is 1. The van der Waals surface area contributed by atoms with E-state index >= 15 is 0 Å². The molecule has 0 bridgehead atoms. The predicted octanol–water partition coefficient (Wildman–Crippen LogP) is 2.91. The minimum atomic E-state index is -1.27. The van der Waals surface area contributed by atoms with Crippen molar-refractivity contribution in [3.63, 3.8) is 0 Å². The number of fused-ring (bicyclic) bond motifs is 3. The summed E-state index contributed by atoms with van der Waals surface area (Å²) in [5.41, 5.74) is 1.80. The Hall–Kier alpha value is -2.45. The van der Waals surface area contributed by atoms with E-state index < -0.39 is 5.97 Å². The second kappa shape index (κ2) is 7.89. The summed E-state index contributed by atoms with van der Waals surface area (Å²) in [6.07, 6.45) is 4.82. The zero-order chi connectivity index (χ0) is 19.7. The van der Waals surface area contributed by atoms with Crippen LogP contribution in [-0.2, 0) is 17.6 Å². The molecule has 144 valence electrons. The van der Waals surface area contributed by atoms with Crippen LogP contribution in [0, 0.1) is 5.92 Å². The fourth-order valence-electron chi connectivity index (χ4n) is 3.41. The molecule has 0 saturated carbocycles. The Labute approximate surface area is 170 Å². The summed E-state index contributed by atoms with van der Waals surface area (Å²) in [5, 5.41) is 15.6. The molecule has 0 spiro atoms. The van der Waals surface area contributed by atoms with Crippen molar-refractivity contribution in [2.75, 3.05) is 11.1 Å². The van der Waals surface area contributed by atoms with Crippen LogP contribution in [0.1, 0.15) is 34.1 Å². The fourth-order valence-corrected chi connectivity index (χ4v) is 5.65.